The van der Waals surface area contributed by atoms with E-state index in [-0.39, 0.29) is 16.9 Å². The number of carbonyl (C=O) groups excluding carboxylic acids is 1. The Morgan fingerprint density at radius 1 is 1.16 bits per heavy atom. The van der Waals surface area contributed by atoms with E-state index in [1.807, 2.05) is 6.07 Å². The molecular weight excluding hydrogens is 390 g/mol. The number of nitrogen functional groups attached to an aromatic ring is 1. The zero-order valence-corrected chi connectivity index (χ0v) is 18.1. The molecule has 3 heterocycles. The molecule has 1 saturated heterocycles. The van der Waals surface area contributed by atoms with Crippen molar-refractivity contribution in [2.45, 2.75) is 51.9 Å². The normalized spacial score (nSPS) is 22.6. The van der Waals surface area contributed by atoms with Crippen LogP contribution in [0.5, 0.6) is 5.75 Å². The van der Waals surface area contributed by atoms with Gasteiger partial charge in [-0.25, -0.2) is 0 Å². The topological polar surface area (TPSA) is 104 Å². The summed E-state index contributed by atoms with van der Waals surface area (Å²) in [6.45, 7) is 6.08. The van der Waals surface area contributed by atoms with E-state index in [2.05, 4.69) is 29.0 Å². The van der Waals surface area contributed by atoms with E-state index in [1.54, 1.807) is 18.2 Å². The highest BCUT2D eigenvalue weighted by Crippen LogP contribution is 2.50. The van der Waals surface area contributed by atoms with Gasteiger partial charge < -0.3 is 21.1 Å². The number of aromatic hydroxyl groups is 1. The van der Waals surface area contributed by atoms with Crippen molar-refractivity contribution in [3.63, 3.8) is 0 Å². The number of nitrogens with one attached hydrogen (secondary N) is 1. The van der Waals surface area contributed by atoms with E-state index in [1.165, 1.54) is 6.42 Å². The van der Waals surface area contributed by atoms with Crippen LogP contribution in [0.4, 0.5) is 17.6 Å². The van der Waals surface area contributed by atoms with Crippen molar-refractivity contribution >= 4 is 23.4 Å². The van der Waals surface area contributed by atoms with Gasteiger partial charge in [-0.2, -0.15) is 9.97 Å². The highest BCUT2D eigenvalue weighted by molar-refractivity contribution is 6.02. The number of Topliss-reactive ketones (excluding diaryl/α,β-unsaturated/α-hetero) is 1. The Labute approximate surface area is 182 Å². The third-order valence-electron chi connectivity index (χ3n) is 6.57. The predicted octanol–water partition coefficient (Wildman–Crippen LogP) is 3.96. The lowest BCUT2D eigenvalue weighted by atomic mass is 9.69. The van der Waals surface area contributed by atoms with Crippen molar-refractivity contribution < 1.29 is 9.90 Å². The van der Waals surface area contributed by atoms with Crippen LogP contribution in [0.1, 0.15) is 63.0 Å². The van der Waals surface area contributed by atoms with E-state index in [0.29, 0.717) is 24.0 Å². The molecule has 1 aromatic carbocycles. The molecule has 1 aromatic heterocycles. The summed E-state index contributed by atoms with van der Waals surface area (Å²) in [5.41, 5.74) is 9.57. The first-order chi connectivity index (χ1) is 14.8. The number of hydrogen-bond donors (Lipinski definition) is 3. The van der Waals surface area contributed by atoms with Crippen LogP contribution in [0.15, 0.2) is 35.5 Å². The van der Waals surface area contributed by atoms with E-state index in [4.69, 9.17) is 10.7 Å². The van der Waals surface area contributed by atoms with Gasteiger partial charge in [-0.05, 0) is 48.8 Å². The van der Waals surface area contributed by atoms with Crippen molar-refractivity contribution in [1.82, 2.24) is 9.97 Å². The van der Waals surface area contributed by atoms with Crippen LogP contribution in [-0.2, 0) is 4.79 Å². The van der Waals surface area contributed by atoms with Crippen LogP contribution < -0.4 is 16.0 Å². The minimum Gasteiger partial charge on any atom is -0.508 e. The molecule has 2 aromatic rings. The van der Waals surface area contributed by atoms with Crippen LogP contribution >= 0.6 is 0 Å². The number of phenolic OH excluding ortho intramolecular Hbond substituents is 1. The quantitative estimate of drug-likeness (QED) is 0.677. The van der Waals surface area contributed by atoms with Gasteiger partial charge in [-0.15, -0.1) is 0 Å². The first-order valence-corrected chi connectivity index (χ1v) is 11.1. The van der Waals surface area contributed by atoms with Crippen LogP contribution in [-0.4, -0.2) is 33.9 Å². The standard InChI is InChI=1S/C24H29N5O2/c1-24(2)12-16-19(17(31)13-24)18(14-7-6-8-15(30)11-14)20-21(25)27-23(28-22(20)26-16)29-9-4-3-5-10-29/h6-8,11,18,30H,3-5,9-10,12-13H2,1-2H3,(H3,25,26,27,28)/t18-/m0/s1. The van der Waals surface area contributed by atoms with Gasteiger partial charge >= 0.3 is 0 Å². The lowest BCUT2D eigenvalue weighted by Crippen LogP contribution is -2.36. The Bertz CT molecular complexity index is 1090. The van der Waals surface area contributed by atoms with Crippen LogP contribution in [0.3, 0.4) is 0 Å². The molecule has 0 amide bonds. The highest BCUT2D eigenvalue weighted by atomic mass is 16.3. The molecular formula is C24H29N5O2. The fourth-order valence-electron chi connectivity index (χ4n) is 5.20. The van der Waals surface area contributed by atoms with Crippen molar-refractivity contribution in [2.75, 3.05) is 29.0 Å². The van der Waals surface area contributed by atoms with E-state index < -0.39 is 5.92 Å². The number of fused-ring (bicyclic) bond motifs is 1. The van der Waals surface area contributed by atoms with Gasteiger partial charge in [0.2, 0.25) is 5.95 Å². The monoisotopic (exact) mass is 419 g/mol. The Hall–Kier alpha value is -3.09. The molecule has 1 aliphatic carbocycles. The molecule has 3 aliphatic rings. The molecule has 7 nitrogen and oxygen atoms in total. The maximum Gasteiger partial charge on any atom is 0.229 e. The molecule has 1 atom stereocenters. The lowest BCUT2D eigenvalue weighted by Gasteiger charge is -2.39. The molecule has 0 saturated carbocycles. The van der Waals surface area contributed by atoms with Crippen LogP contribution in [0.2, 0.25) is 0 Å². The number of aromatic nitrogens is 2. The van der Waals surface area contributed by atoms with Crippen molar-refractivity contribution in [2.24, 2.45) is 5.41 Å². The maximum atomic E-state index is 13.3. The van der Waals surface area contributed by atoms with Crippen LogP contribution in [0.25, 0.3) is 0 Å². The number of hydrogen-bond acceptors (Lipinski definition) is 7. The second-order valence-corrected chi connectivity index (χ2v) is 9.71. The molecule has 5 rings (SSSR count). The van der Waals surface area contributed by atoms with E-state index >= 15 is 0 Å². The van der Waals surface area contributed by atoms with Crippen molar-refractivity contribution in [1.29, 1.82) is 0 Å². The van der Waals surface area contributed by atoms with Gasteiger partial charge in [0.1, 0.15) is 17.4 Å². The molecule has 2 aliphatic heterocycles. The second-order valence-electron chi connectivity index (χ2n) is 9.71. The number of rotatable bonds is 2. The SMILES string of the molecule is CC1(C)CC(=O)C2=C(C1)Nc1nc(N3CCCCC3)nc(N)c1[C@H]2c1cccc(O)c1. The highest BCUT2D eigenvalue weighted by Gasteiger charge is 2.42. The van der Waals surface area contributed by atoms with Gasteiger partial charge in [0.15, 0.2) is 5.78 Å². The molecule has 0 spiro atoms. The molecule has 31 heavy (non-hydrogen) atoms. The summed E-state index contributed by atoms with van der Waals surface area (Å²) >= 11 is 0. The third kappa shape index (κ3) is 3.52. The summed E-state index contributed by atoms with van der Waals surface area (Å²) in [5, 5.41) is 13.6. The number of nitrogens with two attached hydrogens (primary N) is 1. The smallest absolute Gasteiger partial charge is 0.229 e. The van der Waals surface area contributed by atoms with Crippen molar-refractivity contribution in [3.8, 4) is 5.75 Å². The number of benzene rings is 1. The molecule has 0 unspecified atom stereocenters. The molecule has 0 bridgehead atoms. The third-order valence-corrected chi connectivity index (χ3v) is 6.57. The van der Waals surface area contributed by atoms with E-state index in [9.17, 15) is 9.90 Å². The number of piperidine rings is 1. The van der Waals surface area contributed by atoms with Crippen molar-refractivity contribution in [3.05, 3.63) is 46.7 Å². The first-order valence-electron chi connectivity index (χ1n) is 11.1. The second kappa shape index (κ2) is 7.25. The Morgan fingerprint density at radius 3 is 2.68 bits per heavy atom. The molecule has 0 radical (unpaired) electrons. The van der Waals surface area contributed by atoms with Gasteiger partial charge in [0, 0.05) is 42.3 Å². The number of ketones is 1. The summed E-state index contributed by atoms with van der Waals surface area (Å²) in [6, 6.07) is 7.05. The fourth-order valence-corrected chi connectivity index (χ4v) is 5.20. The number of phenols is 1. The largest absolute Gasteiger partial charge is 0.508 e. The van der Waals surface area contributed by atoms with Gasteiger partial charge in [-0.1, -0.05) is 26.0 Å². The molecule has 7 heteroatoms. The summed E-state index contributed by atoms with van der Waals surface area (Å²) < 4.78 is 0. The number of allylic oxidation sites excluding steroid dienone is 2. The predicted molar refractivity (Wildman–Crippen MR) is 121 cm³/mol. The van der Waals surface area contributed by atoms with Gasteiger partial charge in [-0.3, -0.25) is 4.79 Å². The Kier molecular flexibility index (Phi) is 4.64. The zero-order chi connectivity index (χ0) is 21.8. The average Bonchev–Trinajstić information content (AvgIpc) is 2.72. The zero-order valence-electron chi connectivity index (χ0n) is 18.1. The van der Waals surface area contributed by atoms with Crippen LogP contribution in [0, 0.1) is 5.41 Å². The Morgan fingerprint density at radius 2 is 1.94 bits per heavy atom. The maximum absolute atomic E-state index is 13.3. The minimum absolute atomic E-state index is 0.109. The Balaban J connectivity index is 1.68. The average molecular weight is 420 g/mol. The number of anilines is 3. The van der Waals surface area contributed by atoms with Gasteiger partial charge in [0.25, 0.3) is 0 Å². The number of carbonyl (C=O) groups is 1. The summed E-state index contributed by atoms with van der Waals surface area (Å²) in [5.74, 6) is 1.58. The molecule has 1 fully saturated rings. The molecule has 162 valence electrons. The number of nitrogens with zero attached hydrogens (tertiary/aromatic N) is 3. The minimum atomic E-state index is -0.391. The summed E-state index contributed by atoms with van der Waals surface area (Å²) in [4.78, 5) is 25.0. The summed E-state index contributed by atoms with van der Waals surface area (Å²) in [6.07, 6.45) is 4.70. The fraction of sp³-hybridized carbons (Fsp3) is 0.458. The van der Waals surface area contributed by atoms with Gasteiger partial charge in [0.05, 0.1) is 0 Å². The molecule has 4 N–H and O–H groups in total. The first kappa shape index (κ1) is 19.8. The summed E-state index contributed by atoms with van der Waals surface area (Å²) in [7, 11) is 0. The lowest BCUT2D eigenvalue weighted by molar-refractivity contribution is -0.118. The van der Waals surface area contributed by atoms with E-state index in [0.717, 1.165) is 54.7 Å².